The molecule has 1 aromatic carbocycles. The summed E-state index contributed by atoms with van der Waals surface area (Å²) in [6.07, 6.45) is 10.5. The number of rotatable bonds is 2. The molecule has 1 aromatic rings. The van der Waals surface area contributed by atoms with E-state index in [0.717, 1.165) is 24.3 Å². The number of hydrogen-bond donors (Lipinski definition) is 1. The fraction of sp³-hybridized carbons (Fsp3) is 0.619. The van der Waals surface area contributed by atoms with E-state index < -0.39 is 0 Å². The summed E-state index contributed by atoms with van der Waals surface area (Å²) >= 11 is 0. The van der Waals surface area contributed by atoms with Crippen LogP contribution in [-0.4, -0.2) is 31.1 Å². The van der Waals surface area contributed by atoms with Gasteiger partial charge in [0, 0.05) is 24.2 Å². The number of fused-ring (bicyclic) bond motifs is 4. The lowest BCUT2D eigenvalue weighted by Gasteiger charge is -2.41. The third kappa shape index (κ3) is 2.26. The summed E-state index contributed by atoms with van der Waals surface area (Å²) < 4.78 is 0. The predicted octanol–water partition coefficient (Wildman–Crippen LogP) is 3.97. The summed E-state index contributed by atoms with van der Waals surface area (Å²) in [4.78, 5) is 2.76. The number of piperidine rings is 1. The lowest BCUT2D eigenvalue weighted by molar-refractivity contribution is 0.140. The molecule has 1 N–H and O–H groups in total. The zero-order chi connectivity index (χ0) is 15.4. The quantitative estimate of drug-likeness (QED) is 0.832. The molecule has 0 radical (unpaired) electrons. The number of allylic oxidation sites excluding steroid dienone is 2. The average molecular weight is 308 g/mol. The topological polar surface area (TPSA) is 15.3 Å². The van der Waals surface area contributed by atoms with Gasteiger partial charge in [-0.1, -0.05) is 29.8 Å². The Morgan fingerprint density at radius 1 is 1.17 bits per heavy atom. The van der Waals surface area contributed by atoms with E-state index in [4.69, 9.17) is 0 Å². The SMILES string of the molecule is Cc1ccc2c(c1)C1(CCN(CC3CC4C=CC3C4)CC1)CN2. The maximum Gasteiger partial charge on any atom is 0.0379 e. The van der Waals surface area contributed by atoms with Crippen LogP contribution in [0.25, 0.3) is 0 Å². The van der Waals surface area contributed by atoms with Crippen LogP contribution in [0.1, 0.15) is 36.8 Å². The second-order valence-electron chi connectivity index (χ2n) is 8.52. The number of anilines is 1. The van der Waals surface area contributed by atoms with Crippen molar-refractivity contribution < 1.29 is 0 Å². The number of nitrogens with zero attached hydrogens (tertiary/aromatic N) is 1. The summed E-state index contributed by atoms with van der Waals surface area (Å²) in [5.74, 6) is 2.75. The fourth-order valence-electron chi connectivity index (χ4n) is 5.66. The molecule has 1 spiro atoms. The summed E-state index contributed by atoms with van der Waals surface area (Å²) in [6.45, 7) is 7.29. The van der Waals surface area contributed by atoms with Gasteiger partial charge in [-0.3, -0.25) is 0 Å². The highest BCUT2D eigenvalue weighted by atomic mass is 15.1. The van der Waals surface area contributed by atoms with E-state index in [9.17, 15) is 0 Å². The number of aryl methyl sites for hydroxylation is 1. The minimum atomic E-state index is 0.409. The van der Waals surface area contributed by atoms with Crippen LogP contribution in [0.2, 0.25) is 0 Å². The van der Waals surface area contributed by atoms with E-state index in [0.29, 0.717) is 5.41 Å². The maximum absolute atomic E-state index is 3.67. The van der Waals surface area contributed by atoms with Crippen molar-refractivity contribution in [2.75, 3.05) is 31.5 Å². The van der Waals surface area contributed by atoms with Crippen LogP contribution in [0.3, 0.4) is 0 Å². The standard InChI is InChI=1S/C21H28N2/c1-15-2-5-20-19(10-15)21(14-22-20)6-8-23(9-7-21)13-18-12-16-3-4-17(18)11-16/h2-5,10,16-18,22H,6-9,11-14H2,1H3. The molecular formula is C21H28N2. The molecule has 2 nitrogen and oxygen atoms in total. The first kappa shape index (κ1) is 14.1. The van der Waals surface area contributed by atoms with E-state index in [-0.39, 0.29) is 0 Å². The minimum absolute atomic E-state index is 0.409. The third-order valence-electron chi connectivity index (χ3n) is 7.09. The van der Waals surface area contributed by atoms with Gasteiger partial charge in [0.2, 0.25) is 0 Å². The van der Waals surface area contributed by atoms with Crippen molar-refractivity contribution in [1.29, 1.82) is 0 Å². The monoisotopic (exact) mass is 308 g/mol. The van der Waals surface area contributed by atoms with Gasteiger partial charge in [-0.15, -0.1) is 0 Å². The Morgan fingerprint density at radius 3 is 2.78 bits per heavy atom. The van der Waals surface area contributed by atoms with E-state index >= 15 is 0 Å². The van der Waals surface area contributed by atoms with Crippen LogP contribution in [0, 0.1) is 24.7 Å². The molecule has 2 heterocycles. The van der Waals surface area contributed by atoms with Crippen molar-refractivity contribution in [3.05, 3.63) is 41.5 Å². The number of nitrogens with one attached hydrogen (secondary N) is 1. The lowest BCUT2D eigenvalue weighted by Crippen LogP contribution is -2.45. The largest absolute Gasteiger partial charge is 0.384 e. The summed E-state index contributed by atoms with van der Waals surface area (Å²) in [5, 5.41) is 3.67. The van der Waals surface area contributed by atoms with E-state index in [2.05, 4.69) is 47.5 Å². The molecule has 23 heavy (non-hydrogen) atoms. The van der Waals surface area contributed by atoms with Crippen molar-refractivity contribution >= 4 is 5.69 Å². The summed E-state index contributed by atoms with van der Waals surface area (Å²) in [7, 11) is 0. The van der Waals surface area contributed by atoms with Gasteiger partial charge >= 0.3 is 0 Å². The first-order chi connectivity index (χ1) is 11.2. The molecule has 0 amide bonds. The second-order valence-corrected chi connectivity index (χ2v) is 8.52. The van der Waals surface area contributed by atoms with E-state index in [1.165, 1.54) is 56.6 Å². The smallest absolute Gasteiger partial charge is 0.0379 e. The first-order valence-electron chi connectivity index (χ1n) is 9.48. The van der Waals surface area contributed by atoms with Crippen LogP contribution in [-0.2, 0) is 5.41 Å². The highest BCUT2D eigenvalue weighted by Crippen LogP contribution is 2.46. The zero-order valence-corrected chi connectivity index (χ0v) is 14.2. The molecule has 3 atom stereocenters. The van der Waals surface area contributed by atoms with Gasteiger partial charge in [0.15, 0.2) is 0 Å². The fourth-order valence-corrected chi connectivity index (χ4v) is 5.66. The van der Waals surface area contributed by atoms with Crippen molar-refractivity contribution in [1.82, 2.24) is 4.90 Å². The normalized spacial score (nSPS) is 34.0. The minimum Gasteiger partial charge on any atom is -0.384 e. The molecule has 4 aliphatic rings. The van der Waals surface area contributed by atoms with E-state index in [1.807, 2.05) is 0 Å². The Labute approximate surface area is 140 Å². The van der Waals surface area contributed by atoms with Crippen molar-refractivity contribution in [2.45, 2.75) is 38.0 Å². The molecule has 2 fully saturated rings. The molecule has 1 saturated carbocycles. The van der Waals surface area contributed by atoms with Gasteiger partial charge < -0.3 is 10.2 Å². The lowest BCUT2D eigenvalue weighted by atomic mass is 9.74. The number of hydrogen-bond acceptors (Lipinski definition) is 2. The molecule has 3 unspecified atom stereocenters. The molecule has 2 aliphatic carbocycles. The van der Waals surface area contributed by atoms with Crippen LogP contribution >= 0.6 is 0 Å². The molecule has 2 heteroatoms. The Balaban J connectivity index is 1.27. The molecule has 0 aromatic heterocycles. The Bertz CT molecular complexity index is 639. The predicted molar refractivity (Wildman–Crippen MR) is 95.9 cm³/mol. The van der Waals surface area contributed by atoms with Gasteiger partial charge in [0.1, 0.15) is 0 Å². The van der Waals surface area contributed by atoms with E-state index in [1.54, 1.807) is 5.56 Å². The van der Waals surface area contributed by atoms with Crippen molar-refractivity contribution in [3.8, 4) is 0 Å². The Hall–Kier alpha value is -1.28. The Morgan fingerprint density at radius 2 is 2.04 bits per heavy atom. The van der Waals surface area contributed by atoms with Gasteiger partial charge in [0.05, 0.1) is 0 Å². The second kappa shape index (κ2) is 5.11. The highest BCUT2D eigenvalue weighted by molar-refractivity contribution is 5.61. The molecule has 122 valence electrons. The molecule has 2 aliphatic heterocycles. The summed E-state index contributed by atoms with van der Waals surface area (Å²) in [5.41, 5.74) is 4.80. The maximum atomic E-state index is 3.67. The Kier molecular flexibility index (Phi) is 3.13. The van der Waals surface area contributed by atoms with Crippen LogP contribution < -0.4 is 5.32 Å². The van der Waals surface area contributed by atoms with Gasteiger partial charge in [-0.2, -0.15) is 0 Å². The number of likely N-dealkylation sites (tertiary alicyclic amines) is 1. The van der Waals surface area contributed by atoms with Crippen molar-refractivity contribution in [2.24, 2.45) is 17.8 Å². The van der Waals surface area contributed by atoms with Crippen LogP contribution in [0.15, 0.2) is 30.4 Å². The van der Waals surface area contributed by atoms with Crippen LogP contribution in [0.4, 0.5) is 5.69 Å². The van der Waals surface area contributed by atoms with Gasteiger partial charge in [-0.05, 0) is 75.1 Å². The van der Waals surface area contributed by atoms with Crippen LogP contribution in [0.5, 0.6) is 0 Å². The van der Waals surface area contributed by atoms with Crippen molar-refractivity contribution in [3.63, 3.8) is 0 Å². The van der Waals surface area contributed by atoms with Gasteiger partial charge in [0.25, 0.3) is 0 Å². The first-order valence-corrected chi connectivity index (χ1v) is 9.48. The van der Waals surface area contributed by atoms with Gasteiger partial charge in [-0.25, -0.2) is 0 Å². The average Bonchev–Trinajstić information content (AvgIpc) is 3.25. The molecule has 2 bridgehead atoms. The molecular weight excluding hydrogens is 280 g/mol. The molecule has 1 saturated heterocycles. The highest BCUT2D eigenvalue weighted by Gasteiger charge is 2.43. The number of benzene rings is 1. The zero-order valence-electron chi connectivity index (χ0n) is 14.2. The molecule has 5 rings (SSSR count). The summed E-state index contributed by atoms with van der Waals surface area (Å²) in [6, 6.07) is 6.96. The third-order valence-corrected chi connectivity index (χ3v) is 7.09.